The topological polar surface area (TPSA) is 63.6 Å². The van der Waals surface area contributed by atoms with Crippen molar-refractivity contribution in [3.63, 3.8) is 0 Å². The Morgan fingerprint density at radius 3 is 2.50 bits per heavy atom. The molecule has 26 heavy (non-hydrogen) atoms. The van der Waals surface area contributed by atoms with E-state index in [1.54, 1.807) is 0 Å². The first-order chi connectivity index (χ1) is 12.3. The minimum absolute atomic E-state index is 0.157. The minimum atomic E-state index is -5.59. The van der Waals surface area contributed by atoms with E-state index in [1.807, 2.05) is 0 Å². The molecule has 2 aromatic rings. The molecule has 0 bridgehead atoms. The smallest absolute Gasteiger partial charge is 0.379 e. The van der Waals surface area contributed by atoms with Gasteiger partial charge in [-0.1, -0.05) is 11.6 Å². The molecule has 2 aromatic carbocycles. The summed E-state index contributed by atoms with van der Waals surface area (Å²) < 4.78 is 105. The molecule has 3 rings (SSSR count). The first-order valence-corrected chi connectivity index (χ1v) is 8.61. The predicted molar refractivity (Wildman–Crippen MR) is 80.0 cm³/mol. The average Bonchev–Trinajstić information content (AvgIpc) is 2.61. The van der Waals surface area contributed by atoms with Crippen LogP contribution in [-0.2, 0) is 9.84 Å². The average molecular weight is 416 g/mol. The summed E-state index contributed by atoms with van der Waals surface area (Å²) in [5, 5.41) is 4.57. The Bertz CT molecular complexity index is 1020. The van der Waals surface area contributed by atoms with Crippen LogP contribution in [0.1, 0.15) is 25.0 Å². The van der Waals surface area contributed by atoms with Crippen molar-refractivity contribution in [3.05, 3.63) is 52.3 Å². The minimum Gasteiger partial charge on any atom is -0.457 e. The van der Waals surface area contributed by atoms with Crippen LogP contribution in [0.15, 0.2) is 35.2 Å². The molecule has 0 saturated carbocycles. The van der Waals surface area contributed by atoms with Gasteiger partial charge in [0.2, 0.25) is 9.84 Å². The van der Waals surface area contributed by atoms with Gasteiger partial charge in [-0.2, -0.15) is 8.78 Å². The van der Waals surface area contributed by atoms with E-state index in [0.29, 0.717) is 12.1 Å². The van der Waals surface area contributed by atoms with Crippen LogP contribution in [0, 0.1) is 5.82 Å². The van der Waals surface area contributed by atoms with Gasteiger partial charge in [-0.15, -0.1) is 0 Å². The van der Waals surface area contributed by atoms with Gasteiger partial charge in [0.1, 0.15) is 17.3 Å². The third-order valence-corrected chi connectivity index (χ3v) is 5.59. The normalized spacial score (nSPS) is 23.6. The lowest BCUT2D eigenvalue weighted by Crippen LogP contribution is -2.28. The Morgan fingerprint density at radius 1 is 1.27 bits per heavy atom. The van der Waals surface area contributed by atoms with Gasteiger partial charge in [-0.05, 0) is 24.3 Å². The summed E-state index contributed by atoms with van der Waals surface area (Å²) in [4.78, 5) is -1.31. The molecule has 0 amide bonds. The van der Waals surface area contributed by atoms with E-state index in [4.69, 9.17) is 17.7 Å². The highest BCUT2D eigenvalue weighted by atomic mass is 35.5. The van der Waals surface area contributed by atoms with Crippen molar-refractivity contribution in [2.24, 2.45) is 0 Å². The molecule has 1 atom stereocenters. The zero-order valence-corrected chi connectivity index (χ0v) is 13.9. The molecule has 1 aliphatic heterocycles. The third-order valence-electron chi connectivity index (χ3n) is 3.59. The summed E-state index contributed by atoms with van der Waals surface area (Å²) >= 11 is 5.62. The van der Waals surface area contributed by atoms with Gasteiger partial charge < -0.3 is 9.84 Å². The molecule has 1 aliphatic rings. The fraction of sp³-hybridized carbons (Fsp3) is 0.200. The molecular weight excluding hydrogens is 407 g/mol. The van der Waals surface area contributed by atoms with Crippen LogP contribution in [0.3, 0.4) is 0 Å². The number of fused-ring (bicyclic) bond motifs is 1. The molecule has 0 fully saturated rings. The van der Waals surface area contributed by atoms with E-state index in [1.165, 1.54) is 0 Å². The van der Waals surface area contributed by atoms with E-state index >= 15 is 0 Å². The SMILES string of the molecule is [2H]C1(O)c2c(ccc(Oc3cc(F)cc(Cl)c3)c2C(F)F)S(=O)(=O)C1(F)F. The van der Waals surface area contributed by atoms with E-state index < -0.39 is 55.2 Å². The second-order valence-electron chi connectivity index (χ2n) is 5.23. The number of rotatable bonds is 3. The van der Waals surface area contributed by atoms with Crippen LogP contribution in [0.5, 0.6) is 11.5 Å². The Morgan fingerprint density at radius 2 is 1.92 bits per heavy atom. The monoisotopic (exact) mass is 415 g/mol. The van der Waals surface area contributed by atoms with Gasteiger partial charge in [0.15, 0.2) is 6.08 Å². The van der Waals surface area contributed by atoms with Crippen molar-refractivity contribution < 1.29 is 41.6 Å². The van der Waals surface area contributed by atoms with Crippen LogP contribution < -0.4 is 4.74 Å². The number of hydrogen-bond donors (Lipinski definition) is 1. The summed E-state index contributed by atoms with van der Waals surface area (Å²) in [5.74, 6) is -2.12. The first kappa shape index (κ1) is 17.5. The van der Waals surface area contributed by atoms with E-state index in [9.17, 15) is 35.5 Å². The Kier molecular flexibility index (Phi) is 4.08. The van der Waals surface area contributed by atoms with Crippen molar-refractivity contribution in [2.45, 2.75) is 22.7 Å². The van der Waals surface area contributed by atoms with Crippen LogP contribution in [0.2, 0.25) is 5.02 Å². The molecule has 140 valence electrons. The van der Waals surface area contributed by atoms with Crippen molar-refractivity contribution in [1.29, 1.82) is 0 Å². The molecule has 11 heteroatoms. The second kappa shape index (κ2) is 6.07. The maximum atomic E-state index is 14.0. The van der Waals surface area contributed by atoms with Crippen LogP contribution in [0.25, 0.3) is 0 Å². The molecule has 1 N–H and O–H groups in total. The fourth-order valence-corrected chi connectivity index (χ4v) is 4.05. The molecule has 0 aliphatic carbocycles. The van der Waals surface area contributed by atoms with E-state index in [-0.39, 0.29) is 10.8 Å². The molecule has 0 spiro atoms. The van der Waals surface area contributed by atoms with Crippen LogP contribution in [0.4, 0.5) is 22.0 Å². The number of hydrogen-bond acceptors (Lipinski definition) is 4. The molecule has 0 saturated heterocycles. The first-order valence-electron chi connectivity index (χ1n) is 7.25. The zero-order chi connectivity index (χ0) is 20.4. The van der Waals surface area contributed by atoms with Crippen molar-refractivity contribution >= 4 is 21.4 Å². The van der Waals surface area contributed by atoms with E-state index in [2.05, 4.69) is 0 Å². The van der Waals surface area contributed by atoms with Crippen LogP contribution in [-0.4, -0.2) is 18.8 Å². The number of halogens is 6. The quantitative estimate of drug-likeness (QED) is 0.743. The Labute approximate surface area is 150 Å². The number of benzene rings is 2. The Hall–Kier alpha value is -1.91. The van der Waals surface area contributed by atoms with Gasteiger partial charge in [-0.3, -0.25) is 0 Å². The lowest BCUT2D eigenvalue weighted by atomic mass is 10.0. The van der Waals surface area contributed by atoms with Gasteiger partial charge in [0.25, 0.3) is 6.43 Å². The van der Waals surface area contributed by atoms with Gasteiger partial charge in [-0.25, -0.2) is 21.6 Å². The highest BCUT2D eigenvalue weighted by Crippen LogP contribution is 2.53. The largest absolute Gasteiger partial charge is 0.457 e. The predicted octanol–water partition coefficient (Wildman–Crippen LogP) is 4.62. The van der Waals surface area contributed by atoms with Gasteiger partial charge in [0, 0.05) is 16.7 Å². The van der Waals surface area contributed by atoms with Crippen molar-refractivity contribution in [1.82, 2.24) is 0 Å². The second-order valence-corrected chi connectivity index (χ2v) is 7.62. The molecule has 1 heterocycles. The van der Waals surface area contributed by atoms with Crippen molar-refractivity contribution in [3.8, 4) is 11.5 Å². The van der Waals surface area contributed by atoms with Crippen LogP contribution >= 0.6 is 11.6 Å². The molecule has 1 unspecified atom stereocenters. The van der Waals surface area contributed by atoms with Crippen molar-refractivity contribution in [2.75, 3.05) is 0 Å². The highest BCUT2D eigenvalue weighted by molar-refractivity contribution is 7.92. The summed E-state index contributed by atoms with van der Waals surface area (Å²) in [5.41, 5.74) is -2.92. The lowest BCUT2D eigenvalue weighted by molar-refractivity contribution is -0.0391. The number of sulfone groups is 1. The maximum absolute atomic E-state index is 14.0. The molecule has 4 nitrogen and oxygen atoms in total. The summed E-state index contributed by atoms with van der Waals surface area (Å²) in [6, 6.07) is 3.83. The zero-order valence-electron chi connectivity index (χ0n) is 13.3. The highest BCUT2D eigenvalue weighted by Gasteiger charge is 2.61. The lowest BCUT2D eigenvalue weighted by Gasteiger charge is -2.16. The molecule has 0 aromatic heterocycles. The molecule has 0 radical (unpaired) electrons. The molecular formula is C15H8ClF5O4S. The summed E-state index contributed by atoms with van der Waals surface area (Å²) in [6.45, 7) is 0. The number of alkyl halides is 4. The number of ether oxygens (including phenoxy) is 1. The van der Waals surface area contributed by atoms with Gasteiger partial charge in [0.05, 0.1) is 11.8 Å². The third kappa shape index (κ3) is 2.72. The standard InChI is InChI=1S/C15H8ClF5O4S/c16-6-3-7(17)5-8(4-6)25-9-1-2-10-12(11(9)14(18)19)13(22)15(20,21)26(10,23)24/h1-5,13-14,22H/i13D. The maximum Gasteiger partial charge on any atom is 0.379 e. The fourth-order valence-electron chi connectivity index (χ4n) is 2.48. The van der Waals surface area contributed by atoms with Gasteiger partial charge >= 0.3 is 5.25 Å². The number of aliphatic hydroxyl groups is 1. The summed E-state index contributed by atoms with van der Waals surface area (Å²) in [6.07, 6.45) is -7.77. The Balaban J connectivity index is 2.27. The summed E-state index contributed by atoms with van der Waals surface area (Å²) in [7, 11) is -5.59. The van der Waals surface area contributed by atoms with E-state index in [0.717, 1.165) is 18.2 Å².